The molecule has 7 nitrogen and oxygen atoms in total. The third kappa shape index (κ3) is 9.23. The Balaban J connectivity index is 2.19. The Morgan fingerprint density at radius 3 is 2.71 bits per heavy atom. The molecule has 8 heteroatoms. The van der Waals surface area contributed by atoms with E-state index in [0.717, 1.165) is 19.6 Å². The number of allylic oxidation sites excluding steroid dienone is 1. The number of carbonyl (C=O) groups excluding carboxylic acids is 2. The quantitative estimate of drug-likeness (QED) is 0.337. The topological polar surface area (TPSA) is 96.7 Å². The van der Waals surface area contributed by atoms with Crippen LogP contribution >= 0.6 is 11.8 Å². The van der Waals surface area contributed by atoms with E-state index < -0.39 is 10.8 Å². The van der Waals surface area contributed by atoms with Gasteiger partial charge >= 0.3 is 6.03 Å². The largest absolute Gasteiger partial charge is 0.474 e. The summed E-state index contributed by atoms with van der Waals surface area (Å²) in [6, 6.07) is 7.80. The second kappa shape index (κ2) is 13.3. The summed E-state index contributed by atoms with van der Waals surface area (Å²) in [7, 11) is 0. The standard InChI is InChI=1S/C23H36N4O3S/c1-3-5-12-23(31-17-21(24)28,18-26-22(29)25-4-2)30-20-11-9-10-19(15-20)16-27-13-7-6-8-14-27/h3,5,9-11,15H,4,6-8,12-14,16-18H2,1-2H3,(H2,24,28)(H2,25,26,29). The number of rotatable bonds is 12. The number of likely N-dealkylation sites (tertiary alicyclic amines) is 1. The Morgan fingerprint density at radius 1 is 1.26 bits per heavy atom. The highest BCUT2D eigenvalue weighted by atomic mass is 32.2. The van der Waals surface area contributed by atoms with E-state index in [4.69, 9.17) is 10.5 Å². The Hall–Kier alpha value is -2.19. The second-order valence-electron chi connectivity index (χ2n) is 7.74. The van der Waals surface area contributed by atoms with E-state index in [0.29, 0.717) is 18.7 Å². The number of amides is 3. The van der Waals surface area contributed by atoms with Crippen molar-refractivity contribution in [2.45, 2.75) is 51.0 Å². The summed E-state index contributed by atoms with van der Waals surface area (Å²) in [5.74, 6) is 0.395. The fourth-order valence-corrected chi connectivity index (χ4v) is 4.47. The van der Waals surface area contributed by atoms with Crippen molar-refractivity contribution >= 4 is 23.7 Å². The average Bonchev–Trinajstić information content (AvgIpc) is 2.76. The normalized spacial score (nSPS) is 16.6. The van der Waals surface area contributed by atoms with Gasteiger partial charge < -0.3 is 21.1 Å². The van der Waals surface area contributed by atoms with Crippen molar-refractivity contribution in [3.8, 4) is 5.75 Å². The summed E-state index contributed by atoms with van der Waals surface area (Å²) in [4.78, 5) is 25.2. The first-order valence-corrected chi connectivity index (χ1v) is 12.0. The van der Waals surface area contributed by atoms with Crippen LogP contribution in [0.1, 0.15) is 45.1 Å². The minimum atomic E-state index is -0.851. The highest BCUT2D eigenvalue weighted by molar-refractivity contribution is 8.01. The summed E-state index contributed by atoms with van der Waals surface area (Å²) in [5.41, 5.74) is 6.61. The summed E-state index contributed by atoms with van der Waals surface area (Å²) >= 11 is 1.31. The first kappa shape index (κ1) is 25.1. The third-order valence-corrected chi connectivity index (χ3v) is 6.40. The van der Waals surface area contributed by atoms with Gasteiger partial charge in [-0.15, -0.1) is 11.8 Å². The predicted octanol–water partition coefficient (Wildman–Crippen LogP) is 3.25. The van der Waals surface area contributed by atoms with Crippen LogP contribution in [0.2, 0.25) is 0 Å². The molecule has 0 spiro atoms. The maximum absolute atomic E-state index is 12.0. The Kier molecular flexibility index (Phi) is 10.7. The molecular formula is C23H36N4O3S. The van der Waals surface area contributed by atoms with Gasteiger partial charge in [0.15, 0.2) is 4.93 Å². The second-order valence-corrected chi connectivity index (χ2v) is 9.06. The van der Waals surface area contributed by atoms with Crippen molar-refractivity contribution in [1.29, 1.82) is 0 Å². The van der Waals surface area contributed by atoms with Crippen LogP contribution in [-0.2, 0) is 11.3 Å². The van der Waals surface area contributed by atoms with E-state index in [1.54, 1.807) is 0 Å². The maximum Gasteiger partial charge on any atom is 0.314 e. The van der Waals surface area contributed by atoms with Crippen LogP contribution in [0, 0.1) is 0 Å². The SMILES string of the molecule is CC=CCC(CNC(=O)NCC)(Oc1cccc(CN2CCCCC2)c1)SCC(N)=O. The van der Waals surface area contributed by atoms with Gasteiger partial charge in [-0.2, -0.15) is 0 Å². The lowest BCUT2D eigenvalue weighted by Crippen LogP contribution is -2.48. The molecule has 0 radical (unpaired) electrons. The van der Waals surface area contributed by atoms with Gasteiger partial charge in [-0.25, -0.2) is 4.79 Å². The molecule has 1 aromatic rings. The highest BCUT2D eigenvalue weighted by Crippen LogP contribution is 2.33. The monoisotopic (exact) mass is 448 g/mol. The number of urea groups is 1. The third-order valence-electron chi connectivity index (χ3n) is 5.05. The average molecular weight is 449 g/mol. The number of thioether (sulfide) groups is 1. The fourth-order valence-electron chi connectivity index (χ4n) is 3.53. The molecule has 0 bridgehead atoms. The van der Waals surface area contributed by atoms with Crippen LogP contribution < -0.4 is 21.1 Å². The van der Waals surface area contributed by atoms with Gasteiger partial charge in [-0.1, -0.05) is 30.7 Å². The Bertz CT molecular complexity index is 737. The minimum Gasteiger partial charge on any atom is -0.474 e. The van der Waals surface area contributed by atoms with Gasteiger partial charge in [-0.3, -0.25) is 9.69 Å². The number of primary amides is 1. The van der Waals surface area contributed by atoms with E-state index >= 15 is 0 Å². The van der Waals surface area contributed by atoms with Gasteiger partial charge in [0.1, 0.15) is 5.75 Å². The zero-order valence-corrected chi connectivity index (χ0v) is 19.5. The van der Waals surface area contributed by atoms with E-state index in [-0.39, 0.29) is 18.3 Å². The number of carbonyl (C=O) groups is 2. The van der Waals surface area contributed by atoms with Crippen molar-refractivity contribution in [2.75, 3.05) is 31.9 Å². The van der Waals surface area contributed by atoms with Gasteiger partial charge in [0, 0.05) is 19.5 Å². The molecule has 1 unspecified atom stereocenters. The molecule has 1 aliphatic heterocycles. The van der Waals surface area contributed by atoms with Crippen molar-refractivity contribution < 1.29 is 14.3 Å². The molecule has 1 saturated heterocycles. The van der Waals surface area contributed by atoms with E-state index in [1.807, 2.05) is 38.1 Å². The van der Waals surface area contributed by atoms with Crippen molar-refractivity contribution in [2.24, 2.45) is 5.73 Å². The number of piperidine rings is 1. The molecule has 4 N–H and O–H groups in total. The maximum atomic E-state index is 12.0. The van der Waals surface area contributed by atoms with Crippen LogP contribution in [0.4, 0.5) is 4.79 Å². The zero-order valence-electron chi connectivity index (χ0n) is 18.7. The summed E-state index contributed by atoms with van der Waals surface area (Å²) in [6.45, 7) is 7.70. The van der Waals surface area contributed by atoms with Crippen molar-refractivity contribution in [1.82, 2.24) is 15.5 Å². The number of ether oxygens (including phenoxy) is 1. The van der Waals surface area contributed by atoms with Gasteiger partial charge in [0.2, 0.25) is 5.91 Å². The first-order chi connectivity index (χ1) is 15.0. The lowest BCUT2D eigenvalue weighted by molar-refractivity contribution is -0.115. The van der Waals surface area contributed by atoms with Crippen molar-refractivity contribution in [3.63, 3.8) is 0 Å². The molecule has 1 aromatic carbocycles. The molecule has 1 heterocycles. The van der Waals surface area contributed by atoms with E-state index in [9.17, 15) is 9.59 Å². The molecule has 1 atom stereocenters. The number of benzene rings is 1. The van der Waals surface area contributed by atoms with Crippen LogP contribution in [0.5, 0.6) is 5.75 Å². The van der Waals surface area contributed by atoms with Crippen molar-refractivity contribution in [3.05, 3.63) is 42.0 Å². The Morgan fingerprint density at radius 2 is 2.03 bits per heavy atom. The minimum absolute atomic E-state index is 0.0993. The highest BCUT2D eigenvalue weighted by Gasteiger charge is 2.33. The molecule has 0 saturated carbocycles. The molecular weight excluding hydrogens is 412 g/mol. The number of nitrogens with two attached hydrogens (primary N) is 1. The molecule has 2 rings (SSSR count). The summed E-state index contributed by atoms with van der Waals surface area (Å²) in [6.07, 6.45) is 8.23. The molecule has 3 amide bonds. The van der Waals surface area contributed by atoms with Gasteiger partial charge in [0.25, 0.3) is 0 Å². The van der Waals surface area contributed by atoms with Gasteiger partial charge in [0.05, 0.1) is 12.3 Å². The molecule has 172 valence electrons. The Labute approximate surface area is 190 Å². The summed E-state index contributed by atoms with van der Waals surface area (Å²) < 4.78 is 6.46. The molecule has 1 fully saturated rings. The van der Waals surface area contributed by atoms with Crippen LogP contribution in [0.15, 0.2) is 36.4 Å². The first-order valence-electron chi connectivity index (χ1n) is 11.0. The van der Waals surface area contributed by atoms with Crippen LogP contribution in [0.3, 0.4) is 0 Å². The lowest BCUT2D eigenvalue weighted by Gasteiger charge is -2.33. The number of hydrogen-bond donors (Lipinski definition) is 3. The number of nitrogens with one attached hydrogen (secondary N) is 2. The van der Waals surface area contributed by atoms with Crippen LogP contribution in [0.25, 0.3) is 0 Å². The predicted molar refractivity (Wildman–Crippen MR) is 127 cm³/mol. The van der Waals surface area contributed by atoms with Gasteiger partial charge in [-0.05, 0) is 57.5 Å². The van der Waals surface area contributed by atoms with Crippen LogP contribution in [-0.4, -0.2) is 53.7 Å². The zero-order chi connectivity index (χ0) is 22.5. The molecule has 31 heavy (non-hydrogen) atoms. The molecule has 1 aliphatic rings. The lowest BCUT2D eigenvalue weighted by atomic mass is 10.1. The van der Waals surface area contributed by atoms with E-state index in [2.05, 4.69) is 27.7 Å². The summed E-state index contributed by atoms with van der Waals surface area (Å²) in [5, 5.41) is 5.60. The number of nitrogens with zero attached hydrogens (tertiary/aromatic N) is 1. The molecule has 0 aromatic heterocycles. The molecule has 0 aliphatic carbocycles. The number of hydrogen-bond acceptors (Lipinski definition) is 5. The fraction of sp³-hybridized carbons (Fsp3) is 0.565. The smallest absolute Gasteiger partial charge is 0.314 e. The van der Waals surface area contributed by atoms with E-state index in [1.165, 1.54) is 36.6 Å².